The Labute approximate surface area is 130 Å². The van der Waals surface area contributed by atoms with Crippen molar-refractivity contribution in [2.75, 3.05) is 13.1 Å². The number of benzene rings is 1. The molecule has 1 aliphatic rings. The number of hydrogen-bond acceptors (Lipinski definition) is 3. The summed E-state index contributed by atoms with van der Waals surface area (Å²) in [5.41, 5.74) is 3.76. The molecule has 4 nitrogen and oxygen atoms in total. The van der Waals surface area contributed by atoms with Gasteiger partial charge in [0.05, 0.1) is 5.69 Å². The molecule has 1 N–H and O–H groups in total. The third-order valence-corrected chi connectivity index (χ3v) is 4.61. The number of nitrogens with one attached hydrogen (secondary N) is 1. The van der Waals surface area contributed by atoms with Gasteiger partial charge >= 0.3 is 0 Å². The molecule has 1 fully saturated rings. The lowest BCUT2D eigenvalue weighted by Crippen LogP contribution is -2.32. The van der Waals surface area contributed by atoms with Gasteiger partial charge in [0.15, 0.2) is 0 Å². The van der Waals surface area contributed by atoms with Crippen LogP contribution in [-0.2, 0) is 6.54 Å². The Morgan fingerprint density at radius 3 is 2.86 bits per heavy atom. The van der Waals surface area contributed by atoms with E-state index in [9.17, 15) is 0 Å². The molecule has 3 heterocycles. The van der Waals surface area contributed by atoms with Crippen LogP contribution in [-0.4, -0.2) is 32.9 Å². The molecular formula is C18H20N4. The molecule has 4 rings (SSSR count). The second-order valence-corrected chi connectivity index (χ2v) is 6.08. The highest BCUT2D eigenvalue weighted by Crippen LogP contribution is 2.27. The molecule has 0 spiro atoms. The topological polar surface area (TPSA) is 44.8 Å². The SMILES string of the molecule is c1cnc(C2CCN(Cc3ccc4[nH]ccc4c3)CC2)cn1. The van der Waals surface area contributed by atoms with Crippen molar-refractivity contribution in [3.63, 3.8) is 0 Å². The Hall–Kier alpha value is -2.20. The van der Waals surface area contributed by atoms with Gasteiger partial charge in [-0.05, 0) is 55.1 Å². The maximum Gasteiger partial charge on any atom is 0.0618 e. The van der Waals surface area contributed by atoms with Gasteiger partial charge in [0.1, 0.15) is 0 Å². The maximum atomic E-state index is 4.46. The Kier molecular flexibility index (Phi) is 3.60. The van der Waals surface area contributed by atoms with E-state index in [4.69, 9.17) is 0 Å². The number of nitrogens with zero attached hydrogens (tertiary/aromatic N) is 3. The molecule has 0 saturated carbocycles. The van der Waals surface area contributed by atoms with Crippen LogP contribution in [0.15, 0.2) is 49.1 Å². The quantitative estimate of drug-likeness (QED) is 0.805. The van der Waals surface area contributed by atoms with E-state index >= 15 is 0 Å². The summed E-state index contributed by atoms with van der Waals surface area (Å²) in [4.78, 5) is 14.4. The van der Waals surface area contributed by atoms with Crippen LogP contribution in [0.2, 0.25) is 0 Å². The largest absolute Gasteiger partial charge is 0.361 e. The molecule has 0 aliphatic carbocycles. The van der Waals surface area contributed by atoms with Crippen LogP contribution < -0.4 is 0 Å². The highest BCUT2D eigenvalue weighted by Gasteiger charge is 2.21. The van der Waals surface area contributed by atoms with Gasteiger partial charge in [0, 0.05) is 42.8 Å². The smallest absolute Gasteiger partial charge is 0.0618 e. The normalized spacial score (nSPS) is 17.1. The van der Waals surface area contributed by atoms with Crippen molar-refractivity contribution in [3.05, 3.63) is 60.3 Å². The minimum atomic E-state index is 0.567. The molecule has 3 aromatic rings. The van der Waals surface area contributed by atoms with Gasteiger partial charge < -0.3 is 4.98 Å². The zero-order chi connectivity index (χ0) is 14.8. The lowest BCUT2D eigenvalue weighted by molar-refractivity contribution is 0.203. The Morgan fingerprint density at radius 1 is 1.14 bits per heavy atom. The van der Waals surface area contributed by atoms with Crippen molar-refractivity contribution in [2.24, 2.45) is 0 Å². The zero-order valence-corrected chi connectivity index (χ0v) is 12.6. The van der Waals surface area contributed by atoms with Gasteiger partial charge in [-0.1, -0.05) is 6.07 Å². The molecule has 0 amide bonds. The molecule has 1 saturated heterocycles. The van der Waals surface area contributed by atoms with E-state index in [-0.39, 0.29) is 0 Å². The van der Waals surface area contributed by atoms with Crippen molar-refractivity contribution in [1.29, 1.82) is 0 Å². The number of aromatic nitrogens is 3. The highest BCUT2D eigenvalue weighted by atomic mass is 15.1. The zero-order valence-electron chi connectivity index (χ0n) is 12.6. The van der Waals surface area contributed by atoms with Gasteiger partial charge in [0.2, 0.25) is 0 Å². The van der Waals surface area contributed by atoms with E-state index in [1.807, 2.05) is 12.4 Å². The van der Waals surface area contributed by atoms with Crippen LogP contribution >= 0.6 is 0 Å². The number of likely N-dealkylation sites (tertiary alicyclic amines) is 1. The Balaban J connectivity index is 1.39. The summed E-state index contributed by atoms with van der Waals surface area (Å²) in [6.07, 6.45) is 9.81. The summed E-state index contributed by atoms with van der Waals surface area (Å²) < 4.78 is 0. The lowest BCUT2D eigenvalue weighted by Gasteiger charge is -2.31. The van der Waals surface area contributed by atoms with Crippen molar-refractivity contribution < 1.29 is 0 Å². The van der Waals surface area contributed by atoms with E-state index in [0.29, 0.717) is 5.92 Å². The molecule has 0 unspecified atom stereocenters. The number of rotatable bonds is 3. The first-order valence-electron chi connectivity index (χ1n) is 7.93. The molecule has 112 valence electrons. The van der Waals surface area contributed by atoms with E-state index in [2.05, 4.69) is 44.1 Å². The number of aromatic amines is 1. The van der Waals surface area contributed by atoms with Crippen LogP contribution in [0.5, 0.6) is 0 Å². The Bertz CT molecular complexity index is 742. The van der Waals surface area contributed by atoms with E-state index in [1.165, 1.54) is 29.3 Å². The summed E-state index contributed by atoms with van der Waals surface area (Å²) >= 11 is 0. The molecule has 1 aliphatic heterocycles. The minimum Gasteiger partial charge on any atom is -0.361 e. The predicted octanol–water partition coefficient (Wildman–Crippen LogP) is 3.34. The molecule has 0 radical (unpaired) electrons. The molecule has 22 heavy (non-hydrogen) atoms. The summed E-state index contributed by atoms with van der Waals surface area (Å²) in [6, 6.07) is 8.84. The second kappa shape index (κ2) is 5.89. The third-order valence-electron chi connectivity index (χ3n) is 4.61. The first-order chi connectivity index (χ1) is 10.9. The summed E-state index contributed by atoms with van der Waals surface area (Å²) in [5.74, 6) is 0.567. The molecule has 2 aromatic heterocycles. The van der Waals surface area contributed by atoms with Crippen molar-refractivity contribution >= 4 is 10.9 Å². The molecule has 0 bridgehead atoms. The van der Waals surface area contributed by atoms with Crippen LogP contribution in [0.1, 0.15) is 30.0 Å². The fourth-order valence-electron chi connectivity index (χ4n) is 3.37. The van der Waals surface area contributed by atoms with E-state index in [1.54, 1.807) is 12.4 Å². The van der Waals surface area contributed by atoms with Crippen LogP contribution in [0.25, 0.3) is 10.9 Å². The van der Waals surface area contributed by atoms with E-state index in [0.717, 1.165) is 25.3 Å². The summed E-state index contributed by atoms with van der Waals surface area (Å²) in [5, 5.41) is 1.30. The maximum absolute atomic E-state index is 4.46. The number of fused-ring (bicyclic) bond motifs is 1. The van der Waals surface area contributed by atoms with Crippen LogP contribution in [0.3, 0.4) is 0 Å². The fraction of sp³-hybridized carbons (Fsp3) is 0.333. The van der Waals surface area contributed by atoms with Crippen molar-refractivity contribution in [3.8, 4) is 0 Å². The monoisotopic (exact) mass is 292 g/mol. The minimum absolute atomic E-state index is 0.567. The molecular weight excluding hydrogens is 272 g/mol. The molecule has 0 atom stereocenters. The first-order valence-corrected chi connectivity index (χ1v) is 7.93. The fourth-order valence-corrected chi connectivity index (χ4v) is 3.37. The summed E-state index contributed by atoms with van der Waals surface area (Å²) in [7, 11) is 0. The van der Waals surface area contributed by atoms with Crippen molar-refractivity contribution in [2.45, 2.75) is 25.3 Å². The summed E-state index contributed by atoms with van der Waals surface area (Å²) in [6.45, 7) is 3.30. The lowest BCUT2D eigenvalue weighted by atomic mass is 9.93. The van der Waals surface area contributed by atoms with Gasteiger partial charge in [-0.15, -0.1) is 0 Å². The first kappa shape index (κ1) is 13.5. The van der Waals surface area contributed by atoms with Gasteiger partial charge in [-0.25, -0.2) is 0 Å². The van der Waals surface area contributed by atoms with Crippen LogP contribution in [0, 0.1) is 0 Å². The van der Waals surface area contributed by atoms with Gasteiger partial charge in [-0.2, -0.15) is 0 Å². The average Bonchev–Trinajstić information content (AvgIpc) is 3.04. The number of H-pyrrole nitrogens is 1. The van der Waals surface area contributed by atoms with Gasteiger partial charge in [0.25, 0.3) is 0 Å². The van der Waals surface area contributed by atoms with Gasteiger partial charge in [-0.3, -0.25) is 14.9 Å². The average molecular weight is 292 g/mol. The van der Waals surface area contributed by atoms with Crippen LogP contribution in [0.4, 0.5) is 0 Å². The molecule has 4 heteroatoms. The number of piperidine rings is 1. The second-order valence-electron chi connectivity index (χ2n) is 6.08. The van der Waals surface area contributed by atoms with E-state index < -0.39 is 0 Å². The third kappa shape index (κ3) is 2.74. The Morgan fingerprint density at radius 2 is 2.05 bits per heavy atom. The number of hydrogen-bond donors (Lipinski definition) is 1. The molecule has 1 aromatic carbocycles. The van der Waals surface area contributed by atoms with Crippen molar-refractivity contribution in [1.82, 2.24) is 19.9 Å². The highest BCUT2D eigenvalue weighted by molar-refractivity contribution is 5.79. The predicted molar refractivity (Wildman–Crippen MR) is 87.6 cm³/mol. The standard InChI is InChI=1S/C18H20N4/c1-2-17-16(3-6-20-17)11-14(1)13-22-9-4-15(5-10-22)18-12-19-7-8-21-18/h1-3,6-8,11-12,15,20H,4-5,9-10,13H2.